The molecule has 0 saturated carbocycles. The number of ketones is 1. The molecule has 12 unspecified atom stereocenters. The number of rotatable bonds is 21. The van der Waals surface area contributed by atoms with Crippen LogP contribution in [0.15, 0.2) is 40.4 Å². The summed E-state index contributed by atoms with van der Waals surface area (Å²) in [6.07, 6.45) is -14.7. The number of aliphatic hydroxyl groups excluding tert-OH is 2. The first-order chi connectivity index (χ1) is 41.1. The molecule has 5 rings (SSSR count). The molecule has 504 valence electrons. The van der Waals surface area contributed by atoms with E-state index >= 15 is 9.59 Å². The van der Waals surface area contributed by atoms with E-state index < -0.39 is 160 Å². The minimum absolute atomic E-state index is 0.0130. The van der Waals surface area contributed by atoms with Crippen LogP contribution in [-0.4, -0.2) is 203 Å². The number of oxime groups is 1. The molecule has 1 aromatic carbocycles. The summed E-state index contributed by atoms with van der Waals surface area (Å²) in [5.41, 5.74) is -3.19. The molecule has 25 heteroatoms. The third-order valence-corrected chi connectivity index (χ3v) is 18.9. The van der Waals surface area contributed by atoms with E-state index in [1.807, 2.05) is 27.7 Å². The van der Waals surface area contributed by atoms with Gasteiger partial charge >= 0.3 is 18.0 Å². The van der Waals surface area contributed by atoms with Gasteiger partial charge in [0.15, 0.2) is 30.3 Å². The zero-order valence-corrected chi connectivity index (χ0v) is 56.5. The van der Waals surface area contributed by atoms with Crippen molar-refractivity contribution in [2.24, 2.45) is 46.6 Å². The second kappa shape index (κ2) is 32.5. The maximum absolute atomic E-state index is 16.1. The Balaban J connectivity index is 1.72. The van der Waals surface area contributed by atoms with Crippen molar-refractivity contribution in [2.45, 2.75) is 258 Å². The molecule has 1 aromatic rings. The third-order valence-electron chi connectivity index (χ3n) is 17.5. The van der Waals surface area contributed by atoms with Crippen molar-refractivity contribution in [3.63, 3.8) is 0 Å². The van der Waals surface area contributed by atoms with Crippen molar-refractivity contribution < 1.29 is 94.8 Å². The van der Waals surface area contributed by atoms with Crippen LogP contribution in [0.25, 0.3) is 0 Å². The Hall–Kier alpha value is -3.96. The number of benzene rings is 1. The standard InChI is InChI=1S/C63H106N4O20S/c1-33(2)26-47(68)83-53-41(11)52(36(6)31-79-60-56(77-19)55(76-18)49(69)44(14)82-60)85-58(72)43(13)54(84-48-27-37(7)67(34(3)4)30-39(9)80-48)40(10)51(86-59-50(70)46(66-78-20)28-38(8)81-59)35(5)29-63(17,57(71)42(53)12)87-61(73)65-62(15,16)32-64-88(74,75)45-24-22-21-23-25-45/h21-25,33-44,48-56,59-60,64,69-70H,26-32H2,1-20H3,(H,65,73)/t35?,36?,37?,38-,39+,40?,41?,42?,43?,44-,48+,49-,50-,51?,52?,53?,54?,55-,56-,59+,60-,63?/m1/s1. The van der Waals surface area contributed by atoms with Crippen molar-refractivity contribution in [1.29, 1.82) is 0 Å². The van der Waals surface area contributed by atoms with Crippen molar-refractivity contribution in [3.05, 3.63) is 30.3 Å². The van der Waals surface area contributed by atoms with Crippen molar-refractivity contribution in [1.82, 2.24) is 14.9 Å². The Morgan fingerprint density at radius 1 is 0.818 bits per heavy atom. The number of ether oxygens (including phenoxy) is 11. The number of Topliss-reactive ketones (excluding diaryl/α,β-unsaturated/α-hetero) is 1. The molecule has 4 N–H and O–H groups in total. The molecular weight excluding hydrogens is 1160 g/mol. The summed E-state index contributed by atoms with van der Waals surface area (Å²) >= 11 is 0. The summed E-state index contributed by atoms with van der Waals surface area (Å²) < 4.78 is 100. The number of methoxy groups -OCH3 is 2. The molecule has 88 heavy (non-hydrogen) atoms. The summed E-state index contributed by atoms with van der Waals surface area (Å²) in [6, 6.07) is 7.87. The molecule has 0 spiro atoms. The molecule has 0 aromatic heterocycles. The van der Waals surface area contributed by atoms with E-state index in [0.29, 0.717) is 13.0 Å². The van der Waals surface area contributed by atoms with E-state index in [0.717, 1.165) is 0 Å². The fraction of sp³-hybridized carbons (Fsp3) is 0.825. The van der Waals surface area contributed by atoms with Crippen LogP contribution in [0.3, 0.4) is 0 Å². The fourth-order valence-electron chi connectivity index (χ4n) is 12.8. The van der Waals surface area contributed by atoms with E-state index in [4.69, 9.17) is 56.9 Å². The van der Waals surface area contributed by atoms with Gasteiger partial charge in [0.1, 0.15) is 43.7 Å². The van der Waals surface area contributed by atoms with Gasteiger partial charge in [-0.05, 0) is 99.6 Å². The molecule has 22 atom stereocenters. The van der Waals surface area contributed by atoms with E-state index in [2.05, 4.69) is 40.9 Å². The van der Waals surface area contributed by atoms with Gasteiger partial charge in [-0.1, -0.05) is 71.8 Å². The normalized spacial score (nSPS) is 37.1. The quantitative estimate of drug-likeness (QED) is 0.0577. The van der Waals surface area contributed by atoms with Crippen LogP contribution in [0.2, 0.25) is 0 Å². The number of nitrogens with one attached hydrogen (secondary N) is 2. The van der Waals surface area contributed by atoms with Gasteiger partial charge in [-0.3, -0.25) is 19.3 Å². The number of sulfonamides is 1. The molecule has 4 saturated heterocycles. The Morgan fingerprint density at radius 3 is 2.07 bits per heavy atom. The highest BCUT2D eigenvalue weighted by molar-refractivity contribution is 7.89. The molecule has 0 bridgehead atoms. The number of cyclic esters (lactones) is 1. The Morgan fingerprint density at radius 2 is 1.47 bits per heavy atom. The molecule has 4 aliphatic heterocycles. The molecule has 4 aliphatic rings. The summed E-state index contributed by atoms with van der Waals surface area (Å²) in [6.45, 7) is 30.5. The van der Waals surface area contributed by atoms with E-state index in [9.17, 15) is 28.2 Å². The number of amides is 1. The Bertz CT molecular complexity index is 2550. The number of carbonyl (C=O) groups is 4. The van der Waals surface area contributed by atoms with Gasteiger partial charge in [0.25, 0.3) is 0 Å². The maximum atomic E-state index is 16.1. The minimum Gasteiger partial charge on any atom is -0.461 e. The van der Waals surface area contributed by atoms with Crippen LogP contribution in [0.4, 0.5) is 4.79 Å². The van der Waals surface area contributed by atoms with Crippen molar-refractivity contribution in [2.75, 3.05) is 41.0 Å². The average Bonchev–Trinajstić information content (AvgIpc) is 1.51. The second-order valence-corrected chi connectivity index (χ2v) is 28.4. The van der Waals surface area contributed by atoms with Crippen molar-refractivity contribution in [3.8, 4) is 0 Å². The number of hydrogen-bond donors (Lipinski definition) is 4. The monoisotopic (exact) mass is 1270 g/mol. The number of esters is 2. The summed E-state index contributed by atoms with van der Waals surface area (Å²) in [5, 5.41) is 29.8. The van der Waals surface area contributed by atoms with E-state index in [1.54, 1.807) is 80.5 Å². The van der Waals surface area contributed by atoms with Crippen molar-refractivity contribution >= 4 is 39.6 Å². The summed E-state index contributed by atoms with van der Waals surface area (Å²) in [4.78, 5) is 68.0. The van der Waals surface area contributed by atoms with Crippen LogP contribution in [0.5, 0.6) is 0 Å². The topological polar surface area (TPSA) is 293 Å². The highest BCUT2D eigenvalue weighted by Gasteiger charge is 2.53. The first-order valence-electron chi connectivity index (χ1n) is 31.2. The van der Waals surface area contributed by atoms with Crippen LogP contribution >= 0.6 is 0 Å². The smallest absolute Gasteiger partial charge is 0.408 e. The summed E-state index contributed by atoms with van der Waals surface area (Å²) in [5.74, 6) is -8.11. The van der Waals surface area contributed by atoms with Gasteiger partial charge in [-0.15, -0.1) is 0 Å². The minimum atomic E-state index is -4.03. The largest absolute Gasteiger partial charge is 0.461 e. The zero-order chi connectivity index (χ0) is 65.9. The van der Waals surface area contributed by atoms with Gasteiger partial charge < -0.3 is 72.5 Å². The molecule has 0 aliphatic carbocycles. The van der Waals surface area contributed by atoms with Crippen LogP contribution < -0.4 is 10.0 Å². The number of nitrogens with zero attached hydrogens (tertiary/aromatic N) is 2. The van der Waals surface area contributed by atoms with Gasteiger partial charge in [-0.2, -0.15) is 0 Å². The molecule has 0 radical (unpaired) electrons. The number of aliphatic hydroxyl groups is 2. The third kappa shape index (κ3) is 19.5. The number of hydrogen-bond acceptors (Lipinski definition) is 22. The lowest BCUT2D eigenvalue weighted by molar-refractivity contribution is -0.305. The van der Waals surface area contributed by atoms with Crippen LogP contribution in [-0.2, 0) is 81.3 Å². The lowest BCUT2D eigenvalue weighted by Crippen LogP contribution is -2.59. The Kier molecular flexibility index (Phi) is 27.7. The van der Waals surface area contributed by atoms with Crippen LogP contribution in [0, 0.1) is 41.4 Å². The second-order valence-electron chi connectivity index (χ2n) is 26.7. The maximum Gasteiger partial charge on any atom is 0.408 e. The lowest BCUT2D eigenvalue weighted by Gasteiger charge is -2.45. The van der Waals surface area contributed by atoms with E-state index in [-0.39, 0.29) is 67.1 Å². The van der Waals surface area contributed by atoms with Crippen LogP contribution in [0.1, 0.15) is 143 Å². The number of carbonyl (C=O) groups excluding carboxylic acids is 4. The molecule has 1 amide bonds. The van der Waals surface area contributed by atoms with Gasteiger partial charge in [0.2, 0.25) is 10.0 Å². The fourth-order valence-corrected chi connectivity index (χ4v) is 14.1. The predicted molar refractivity (Wildman–Crippen MR) is 325 cm³/mol. The molecule has 24 nitrogen and oxygen atoms in total. The Labute approximate surface area is 522 Å². The SMILES string of the molecule is CON=C1C[C@@H](C)O[C@@H](OC2C(C)CC(C)(OC(=O)NC(C)(C)CNS(=O)(=O)c3ccccc3)C(=O)C(C)C(OC(=O)CC(C)C)C(C)C(C(C)CO[C@@H]3O[C@H](C)[C@@H](O)[C@@H](OC)[C@H]3OC)OC(=O)C(C)C(O[C@H]3CC(C)N(C(C)C)C[C@H](C)O3)C2C)[C@@H]1O. The van der Waals surface area contributed by atoms with Gasteiger partial charge in [-0.25, -0.2) is 17.9 Å². The van der Waals surface area contributed by atoms with Gasteiger partial charge in [0, 0.05) is 76.4 Å². The predicted octanol–water partition coefficient (Wildman–Crippen LogP) is 6.54. The first kappa shape index (κ1) is 74.8. The first-order valence-corrected chi connectivity index (χ1v) is 32.7. The zero-order valence-electron chi connectivity index (χ0n) is 55.7. The van der Waals surface area contributed by atoms with E-state index in [1.165, 1.54) is 40.4 Å². The molecule has 4 heterocycles. The lowest BCUT2D eigenvalue weighted by atomic mass is 9.74. The molecular formula is C63H106N4O20S. The average molecular weight is 1270 g/mol. The highest BCUT2D eigenvalue weighted by atomic mass is 32.2. The highest BCUT2D eigenvalue weighted by Crippen LogP contribution is 2.41. The summed E-state index contributed by atoms with van der Waals surface area (Å²) in [7, 11) is 0.207. The number of alkyl carbamates (subject to hydrolysis) is 1. The van der Waals surface area contributed by atoms with Gasteiger partial charge in [0.05, 0.1) is 65.1 Å². The molecule has 4 fully saturated rings.